The van der Waals surface area contributed by atoms with E-state index < -0.39 is 0 Å². The zero-order chi connectivity index (χ0) is 7.14. The highest BCUT2D eigenvalue weighted by atomic mass is 127. The van der Waals surface area contributed by atoms with E-state index in [-0.39, 0.29) is 18.3 Å². The largest absolute Gasteiger partial charge is 0.439 e. The Bertz CT molecular complexity index is 125. The molecular weight excluding hydrogens is 247 g/mol. The minimum Gasteiger partial charge on any atom is -0.439 e. The van der Waals surface area contributed by atoms with Crippen LogP contribution in [0.25, 0.3) is 0 Å². The van der Waals surface area contributed by atoms with E-state index in [0.717, 1.165) is 6.61 Å². The predicted molar refractivity (Wildman–Crippen MR) is 44.7 cm³/mol. The highest BCUT2D eigenvalue weighted by Crippen LogP contribution is 2.30. The lowest BCUT2D eigenvalue weighted by Gasteiger charge is -2.07. The summed E-state index contributed by atoms with van der Waals surface area (Å²) in [6.45, 7) is 1.31. The fourth-order valence-corrected chi connectivity index (χ4v) is 2.28. The van der Waals surface area contributed by atoms with E-state index in [1.807, 2.05) is 0 Å². The number of halogens is 1. The predicted octanol–water partition coefficient (Wildman–Crippen LogP) is -0.319. The van der Waals surface area contributed by atoms with E-state index in [9.17, 15) is 0 Å². The van der Waals surface area contributed by atoms with E-state index in [2.05, 4.69) is 22.6 Å². The van der Waals surface area contributed by atoms with Gasteiger partial charge in [0.15, 0.2) is 6.10 Å². The summed E-state index contributed by atoms with van der Waals surface area (Å²) in [6, 6.07) is 0. The van der Waals surface area contributed by atoms with Crippen LogP contribution < -0.4 is 0 Å². The molecule has 0 spiro atoms. The van der Waals surface area contributed by atoms with Gasteiger partial charge in [-0.3, -0.25) is 0 Å². The van der Waals surface area contributed by atoms with Crippen molar-refractivity contribution in [2.45, 2.75) is 22.2 Å². The lowest BCUT2D eigenvalue weighted by molar-refractivity contribution is 0.0189. The molecule has 0 bridgehead atoms. The number of ether oxygens (including phenoxy) is 2. The first-order valence-electron chi connectivity index (χ1n) is 3.37. The SMILES string of the molecule is [OH2+][C@@H]1CO[C@H]2[C@@H]1OC[C@H]2I. The van der Waals surface area contributed by atoms with Gasteiger partial charge in [-0.15, -0.1) is 0 Å². The van der Waals surface area contributed by atoms with E-state index in [0.29, 0.717) is 10.5 Å². The van der Waals surface area contributed by atoms with Gasteiger partial charge < -0.3 is 14.6 Å². The second kappa shape index (κ2) is 2.58. The van der Waals surface area contributed by atoms with Crippen LogP contribution >= 0.6 is 22.6 Å². The van der Waals surface area contributed by atoms with Crippen molar-refractivity contribution in [3.05, 3.63) is 0 Å². The number of fused-ring (bicyclic) bond motifs is 1. The van der Waals surface area contributed by atoms with Crippen molar-refractivity contribution in [3.63, 3.8) is 0 Å². The van der Waals surface area contributed by atoms with Gasteiger partial charge in [0.25, 0.3) is 0 Å². The first-order valence-corrected chi connectivity index (χ1v) is 4.62. The second-order valence-corrected chi connectivity index (χ2v) is 4.32. The molecule has 2 fully saturated rings. The minimum atomic E-state index is -0.148. The summed E-state index contributed by atoms with van der Waals surface area (Å²) < 4.78 is 11.2. The van der Waals surface area contributed by atoms with Gasteiger partial charge in [-0.2, -0.15) is 0 Å². The second-order valence-electron chi connectivity index (χ2n) is 2.72. The smallest absolute Gasteiger partial charge is 0.206 e. The molecule has 4 heteroatoms. The maximum Gasteiger partial charge on any atom is 0.206 e. The Balaban J connectivity index is 2.09. The van der Waals surface area contributed by atoms with E-state index >= 15 is 0 Å². The topological polar surface area (TPSA) is 41.4 Å². The molecule has 0 aromatic rings. The first-order chi connectivity index (χ1) is 4.79. The maximum absolute atomic E-state index is 7.50. The summed E-state index contributed by atoms with van der Waals surface area (Å²) in [5, 5.41) is 7.50. The summed E-state index contributed by atoms with van der Waals surface area (Å²) in [5.41, 5.74) is 0. The van der Waals surface area contributed by atoms with Crippen LogP contribution in [0.5, 0.6) is 0 Å². The Morgan fingerprint density at radius 3 is 2.60 bits per heavy atom. The molecule has 0 aliphatic carbocycles. The molecule has 0 aromatic heterocycles. The number of alkyl halides is 1. The monoisotopic (exact) mass is 257 g/mol. The Hall–Kier alpha value is 0.610. The Morgan fingerprint density at radius 1 is 1.20 bits per heavy atom. The van der Waals surface area contributed by atoms with Crippen LogP contribution in [0.2, 0.25) is 0 Å². The molecule has 0 unspecified atom stereocenters. The third-order valence-corrected chi connectivity index (χ3v) is 3.06. The highest BCUT2D eigenvalue weighted by Gasteiger charge is 2.48. The Labute approximate surface area is 72.8 Å². The third kappa shape index (κ3) is 0.975. The van der Waals surface area contributed by atoms with Crippen molar-refractivity contribution in [1.82, 2.24) is 0 Å². The van der Waals surface area contributed by atoms with Gasteiger partial charge in [0, 0.05) is 0 Å². The number of hydrogen-bond donors (Lipinski definition) is 0. The summed E-state index contributed by atoms with van der Waals surface area (Å²) in [5.74, 6) is 0. The Kier molecular flexibility index (Phi) is 1.88. The molecule has 0 radical (unpaired) electrons. The molecule has 10 heavy (non-hydrogen) atoms. The summed E-state index contributed by atoms with van der Waals surface area (Å²) in [4.78, 5) is 0. The standard InChI is InChI=1S/C6H9IO3/c7-3-1-9-6-4(8)2-10-5(3)6/h3-6,8H,1-2H2/p+1/t3-,4-,5-,6-/m1/s1. The van der Waals surface area contributed by atoms with Crippen molar-refractivity contribution in [3.8, 4) is 0 Å². The van der Waals surface area contributed by atoms with E-state index in [4.69, 9.17) is 14.6 Å². The van der Waals surface area contributed by atoms with Crippen molar-refractivity contribution in [2.75, 3.05) is 13.2 Å². The molecule has 2 saturated heterocycles. The van der Waals surface area contributed by atoms with Crippen molar-refractivity contribution >= 4 is 22.6 Å². The normalized spacial score (nSPS) is 53.4. The van der Waals surface area contributed by atoms with Crippen LogP contribution in [0.1, 0.15) is 0 Å². The average Bonchev–Trinajstić information content (AvgIpc) is 2.41. The zero-order valence-corrected chi connectivity index (χ0v) is 7.58. The molecule has 58 valence electrons. The lowest BCUT2D eigenvalue weighted by atomic mass is 10.1. The van der Waals surface area contributed by atoms with Crippen LogP contribution in [-0.4, -0.2) is 40.6 Å². The van der Waals surface area contributed by atoms with E-state index in [1.54, 1.807) is 0 Å². The first kappa shape index (κ1) is 7.27. The van der Waals surface area contributed by atoms with Crippen molar-refractivity contribution in [1.29, 1.82) is 0 Å². The molecule has 2 rings (SSSR count). The fourth-order valence-electron chi connectivity index (χ4n) is 1.45. The van der Waals surface area contributed by atoms with Gasteiger partial charge in [0.2, 0.25) is 6.10 Å². The summed E-state index contributed by atoms with van der Waals surface area (Å²) in [7, 11) is 0. The summed E-state index contributed by atoms with van der Waals surface area (Å²) in [6.07, 6.45) is 0.106. The quantitative estimate of drug-likeness (QED) is 0.339. The molecule has 0 amide bonds. The molecule has 3 nitrogen and oxygen atoms in total. The molecule has 2 heterocycles. The van der Waals surface area contributed by atoms with Gasteiger partial charge >= 0.3 is 0 Å². The Morgan fingerprint density at radius 2 is 1.90 bits per heavy atom. The molecule has 0 aromatic carbocycles. The maximum atomic E-state index is 7.50. The van der Waals surface area contributed by atoms with Crippen LogP contribution in [0.15, 0.2) is 0 Å². The van der Waals surface area contributed by atoms with Gasteiger partial charge in [-0.05, 0) is 0 Å². The molecule has 2 aliphatic rings. The minimum absolute atomic E-state index is 0.0573. The van der Waals surface area contributed by atoms with Crippen molar-refractivity contribution < 1.29 is 14.6 Å². The molecule has 2 N–H and O–H groups in total. The summed E-state index contributed by atoms with van der Waals surface area (Å²) >= 11 is 2.33. The van der Waals surface area contributed by atoms with Crippen LogP contribution in [0, 0.1) is 0 Å². The average molecular weight is 257 g/mol. The van der Waals surface area contributed by atoms with Gasteiger partial charge in [-0.1, -0.05) is 22.6 Å². The molecule has 2 aliphatic heterocycles. The number of rotatable bonds is 0. The molecule has 0 saturated carbocycles. The van der Waals surface area contributed by atoms with E-state index in [1.165, 1.54) is 0 Å². The zero-order valence-electron chi connectivity index (χ0n) is 5.42. The van der Waals surface area contributed by atoms with Gasteiger partial charge in [0.05, 0.1) is 10.5 Å². The molecular formula is C6H10IO3+. The van der Waals surface area contributed by atoms with Gasteiger partial charge in [-0.25, -0.2) is 0 Å². The van der Waals surface area contributed by atoms with Crippen LogP contribution in [0.4, 0.5) is 0 Å². The lowest BCUT2D eigenvalue weighted by Crippen LogP contribution is -2.28. The van der Waals surface area contributed by atoms with Crippen LogP contribution in [-0.2, 0) is 9.47 Å². The number of hydrogen-bond acceptors (Lipinski definition) is 2. The fraction of sp³-hybridized carbons (Fsp3) is 1.00. The third-order valence-electron chi connectivity index (χ3n) is 1.99. The molecule has 4 atom stereocenters. The van der Waals surface area contributed by atoms with Gasteiger partial charge in [0.1, 0.15) is 12.7 Å². The van der Waals surface area contributed by atoms with Crippen LogP contribution in [0.3, 0.4) is 0 Å². The highest BCUT2D eigenvalue weighted by molar-refractivity contribution is 14.1. The van der Waals surface area contributed by atoms with Crippen molar-refractivity contribution in [2.24, 2.45) is 0 Å².